The van der Waals surface area contributed by atoms with Crippen LogP contribution in [-0.4, -0.2) is 16.1 Å². The minimum Gasteiger partial charge on any atom is -0.318 e. The van der Waals surface area contributed by atoms with Gasteiger partial charge in [0.15, 0.2) is 0 Å². The Morgan fingerprint density at radius 3 is 2.77 bits per heavy atom. The minimum atomic E-state index is -0.596. The lowest BCUT2D eigenvalue weighted by Gasteiger charge is -2.02. The first-order valence-electron chi connectivity index (χ1n) is 3.51. The highest BCUT2D eigenvalue weighted by Gasteiger charge is 2.08. The zero-order valence-electron chi connectivity index (χ0n) is 6.68. The van der Waals surface area contributed by atoms with E-state index in [1.165, 1.54) is 12.1 Å². The van der Waals surface area contributed by atoms with Gasteiger partial charge in [0, 0.05) is 12.3 Å². The Balaban J connectivity index is 2.93. The zero-order valence-corrected chi connectivity index (χ0v) is 6.68. The topological polar surface area (TPSA) is 106 Å². The summed E-state index contributed by atoms with van der Waals surface area (Å²) in [7, 11) is 0. The van der Waals surface area contributed by atoms with Crippen LogP contribution in [0.3, 0.4) is 0 Å². The van der Waals surface area contributed by atoms with Crippen molar-refractivity contribution in [1.29, 1.82) is 5.41 Å². The molecule has 13 heavy (non-hydrogen) atoms. The fourth-order valence-corrected chi connectivity index (χ4v) is 0.788. The lowest BCUT2D eigenvalue weighted by Crippen LogP contribution is -2.12. The molecule has 1 atom stereocenters. The largest absolute Gasteiger partial charge is 0.318 e. The highest BCUT2D eigenvalue weighted by Crippen LogP contribution is 2.11. The summed E-state index contributed by atoms with van der Waals surface area (Å²) >= 11 is 0. The standard InChI is InChI=1S/C7H8N4O2/c8-3-6(9)7-2-1-5(4-10-7)11(12)13/h1-4,6,8H,9H2. The molecule has 6 nitrogen and oxygen atoms in total. The van der Waals surface area contributed by atoms with Crippen LogP contribution in [0.2, 0.25) is 0 Å². The predicted molar refractivity (Wildman–Crippen MR) is 46.6 cm³/mol. The summed E-state index contributed by atoms with van der Waals surface area (Å²) in [6.07, 6.45) is 2.15. The molecule has 0 amide bonds. The third kappa shape index (κ3) is 2.06. The summed E-state index contributed by atoms with van der Waals surface area (Å²) in [5.74, 6) is 0. The van der Waals surface area contributed by atoms with E-state index in [0.717, 1.165) is 12.4 Å². The first-order valence-corrected chi connectivity index (χ1v) is 3.51. The van der Waals surface area contributed by atoms with Gasteiger partial charge in [0.1, 0.15) is 6.20 Å². The Morgan fingerprint density at radius 2 is 2.38 bits per heavy atom. The number of pyridine rings is 1. The third-order valence-electron chi connectivity index (χ3n) is 1.50. The van der Waals surface area contributed by atoms with E-state index < -0.39 is 11.0 Å². The van der Waals surface area contributed by atoms with Gasteiger partial charge in [0.2, 0.25) is 0 Å². The van der Waals surface area contributed by atoms with Crippen molar-refractivity contribution in [2.45, 2.75) is 6.04 Å². The second-order valence-electron chi connectivity index (χ2n) is 2.39. The number of nitro groups is 1. The third-order valence-corrected chi connectivity index (χ3v) is 1.50. The molecule has 1 aromatic heterocycles. The quantitative estimate of drug-likeness (QED) is 0.404. The Labute approximate surface area is 74.1 Å². The average molecular weight is 180 g/mol. The van der Waals surface area contributed by atoms with Crippen LogP contribution in [0.4, 0.5) is 5.69 Å². The number of nitrogens with zero attached hydrogens (tertiary/aromatic N) is 2. The molecule has 0 saturated carbocycles. The molecule has 0 aliphatic rings. The fourth-order valence-electron chi connectivity index (χ4n) is 0.788. The first-order chi connectivity index (χ1) is 6.15. The van der Waals surface area contributed by atoms with Crippen molar-refractivity contribution in [1.82, 2.24) is 4.98 Å². The molecule has 1 unspecified atom stereocenters. The minimum absolute atomic E-state index is 0.0825. The number of nitrogens with one attached hydrogen (secondary N) is 1. The maximum absolute atomic E-state index is 10.2. The summed E-state index contributed by atoms with van der Waals surface area (Å²) in [4.78, 5) is 13.5. The number of rotatable bonds is 3. The maximum Gasteiger partial charge on any atom is 0.287 e. The Hall–Kier alpha value is -1.82. The second-order valence-corrected chi connectivity index (χ2v) is 2.39. The molecule has 68 valence electrons. The highest BCUT2D eigenvalue weighted by atomic mass is 16.6. The lowest BCUT2D eigenvalue weighted by molar-refractivity contribution is -0.385. The Kier molecular flexibility index (Phi) is 2.65. The molecule has 0 fully saturated rings. The van der Waals surface area contributed by atoms with Gasteiger partial charge < -0.3 is 11.1 Å². The van der Waals surface area contributed by atoms with E-state index in [9.17, 15) is 10.1 Å². The first kappa shape index (κ1) is 9.27. The fraction of sp³-hybridized carbons (Fsp3) is 0.143. The Morgan fingerprint density at radius 1 is 1.69 bits per heavy atom. The average Bonchev–Trinajstić information content (AvgIpc) is 2.17. The number of aromatic nitrogens is 1. The molecule has 0 saturated heterocycles. The van der Waals surface area contributed by atoms with Crippen molar-refractivity contribution < 1.29 is 4.92 Å². The Bertz CT molecular complexity index is 322. The smallest absolute Gasteiger partial charge is 0.287 e. The molecule has 3 N–H and O–H groups in total. The van der Waals surface area contributed by atoms with Gasteiger partial charge in [-0.2, -0.15) is 0 Å². The van der Waals surface area contributed by atoms with Crippen LogP contribution in [0, 0.1) is 15.5 Å². The molecule has 1 aromatic rings. The van der Waals surface area contributed by atoms with Gasteiger partial charge in [0.05, 0.1) is 16.7 Å². The van der Waals surface area contributed by atoms with Gasteiger partial charge in [-0.15, -0.1) is 0 Å². The van der Waals surface area contributed by atoms with Gasteiger partial charge >= 0.3 is 0 Å². The van der Waals surface area contributed by atoms with E-state index in [1.54, 1.807) is 0 Å². The van der Waals surface area contributed by atoms with Crippen molar-refractivity contribution in [3.05, 3.63) is 34.1 Å². The van der Waals surface area contributed by atoms with Crippen LogP contribution in [0.25, 0.3) is 0 Å². The maximum atomic E-state index is 10.2. The molecule has 1 rings (SSSR count). The normalized spacial score (nSPS) is 12.1. The molecule has 0 aromatic carbocycles. The van der Waals surface area contributed by atoms with Crippen LogP contribution in [0.1, 0.15) is 11.7 Å². The van der Waals surface area contributed by atoms with Crippen LogP contribution in [0.5, 0.6) is 0 Å². The molecule has 6 heteroatoms. The molecule has 0 radical (unpaired) electrons. The van der Waals surface area contributed by atoms with Crippen LogP contribution in [-0.2, 0) is 0 Å². The number of nitrogens with two attached hydrogens (primary N) is 1. The molecule has 0 aliphatic carbocycles. The van der Waals surface area contributed by atoms with Gasteiger partial charge in [-0.05, 0) is 6.07 Å². The summed E-state index contributed by atoms with van der Waals surface area (Å²) in [6, 6.07) is 2.15. The second kappa shape index (κ2) is 3.72. The van der Waals surface area contributed by atoms with Gasteiger partial charge in [-0.25, -0.2) is 0 Å². The van der Waals surface area contributed by atoms with Crippen molar-refractivity contribution >= 4 is 11.9 Å². The zero-order chi connectivity index (χ0) is 9.84. The monoisotopic (exact) mass is 180 g/mol. The highest BCUT2D eigenvalue weighted by molar-refractivity contribution is 5.62. The molecule has 1 heterocycles. The van der Waals surface area contributed by atoms with Crippen molar-refractivity contribution in [2.24, 2.45) is 5.73 Å². The van der Waals surface area contributed by atoms with E-state index >= 15 is 0 Å². The van der Waals surface area contributed by atoms with E-state index in [0.29, 0.717) is 5.69 Å². The number of hydrogen-bond acceptors (Lipinski definition) is 5. The van der Waals surface area contributed by atoms with Crippen molar-refractivity contribution in [2.75, 3.05) is 0 Å². The lowest BCUT2D eigenvalue weighted by atomic mass is 10.2. The van der Waals surface area contributed by atoms with Gasteiger partial charge in [0.25, 0.3) is 5.69 Å². The summed E-state index contributed by atoms with van der Waals surface area (Å²) < 4.78 is 0. The van der Waals surface area contributed by atoms with E-state index in [1.807, 2.05) is 0 Å². The molecule has 0 aliphatic heterocycles. The molecular weight excluding hydrogens is 172 g/mol. The van der Waals surface area contributed by atoms with E-state index in [-0.39, 0.29) is 5.69 Å². The van der Waals surface area contributed by atoms with Gasteiger partial charge in [-0.1, -0.05) is 0 Å². The SMILES string of the molecule is N=CC(N)c1ccc([N+](=O)[O-])cn1. The van der Waals surface area contributed by atoms with Gasteiger partial charge in [-0.3, -0.25) is 15.1 Å². The van der Waals surface area contributed by atoms with E-state index in [4.69, 9.17) is 11.1 Å². The van der Waals surface area contributed by atoms with Crippen LogP contribution < -0.4 is 5.73 Å². The molecule has 0 bridgehead atoms. The van der Waals surface area contributed by atoms with Crippen molar-refractivity contribution in [3.8, 4) is 0 Å². The molecule has 0 spiro atoms. The molecular formula is C7H8N4O2. The summed E-state index contributed by atoms with van der Waals surface area (Å²) in [6.45, 7) is 0. The van der Waals surface area contributed by atoms with Crippen molar-refractivity contribution in [3.63, 3.8) is 0 Å². The predicted octanol–water partition coefficient (Wildman–Crippen LogP) is 0.639. The summed E-state index contributed by atoms with van der Waals surface area (Å²) in [5.41, 5.74) is 5.81. The van der Waals surface area contributed by atoms with Crippen LogP contribution >= 0.6 is 0 Å². The van der Waals surface area contributed by atoms with Crippen LogP contribution in [0.15, 0.2) is 18.3 Å². The summed E-state index contributed by atoms with van der Waals surface area (Å²) in [5, 5.41) is 17.1. The number of hydrogen-bond donors (Lipinski definition) is 2. The van der Waals surface area contributed by atoms with E-state index in [2.05, 4.69) is 4.98 Å².